The molecule has 0 saturated heterocycles. The summed E-state index contributed by atoms with van der Waals surface area (Å²) in [4.78, 5) is 62.7. The maximum atomic E-state index is 12.8. The Morgan fingerprint density at radius 1 is 0.686 bits per heavy atom. The standard InChI is InChI=1S/C19H21NO3S.C11H16BrNS.C8H8O2.CO2/c1-18(2)9-10-19(3,4)15-14(18)20-16(24-15)13(21)11-5-7-12(8-6-11)17(22)23;1-10(2)5-6-11(3,4)8-7(10)13-9(12)14-8;1-10-8(9)7-5-3-2-4-6-7;2-1-3/h5-8H,9-10H2,1-4H3,(H,22,23);5-6H2,1-4H3;2-6H,1H3;. The van der Waals surface area contributed by atoms with E-state index in [1.54, 1.807) is 47.7 Å². The first kappa shape index (κ1) is 41.6. The molecule has 2 aromatic heterocycles. The molecule has 1 N–H and O–H groups in total. The van der Waals surface area contributed by atoms with Crippen LogP contribution in [-0.4, -0.2) is 46.1 Å². The number of aromatic nitrogens is 2. The maximum Gasteiger partial charge on any atom is 0.373 e. The molecule has 2 aliphatic carbocycles. The third kappa shape index (κ3) is 10.2. The fourth-order valence-corrected chi connectivity index (χ4v) is 8.94. The van der Waals surface area contributed by atoms with Crippen molar-refractivity contribution < 1.29 is 33.8 Å². The van der Waals surface area contributed by atoms with E-state index in [1.807, 2.05) is 6.07 Å². The molecule has 2 aliphatic rings. The molecule has 12 heteroatoms. The molecular weight excluding hydrogens is 752 g/mol. The Hall–Kier alpha value is -3.83. The average molecular weight is 798 g/mol. The summed E-state index contributed by atoms with van der Waals surface area (Å²) < 4.78 is 5.53. The van der Waals surface area contributed by atoms with Crippen molar-refractivity contribution in [2.45, 2.75) is 103 Å². The SMILES string of the molecule is CC1(C)CCC(C)(C)c2sc(Br)nc21.CC1(C)CCC(C)(C)c2sc(C(=O)c3ccc(C(=O)O)cc3)nc21.COC(=O)c1ccccc1.O=C=O. The molecule has 2 aromatic carbocycles. The molecule has 0 amide bonds. The van der Waals surface area contributed by atoms with E-state index in [9.17, 15) is 14.4 Å². The first-order valence-corrected chi connectivity index (χ1v) is 18.8. The van der Waals surface area contributed by atoms with Gasteiger partial charge in [0.05, 0.1) is 29.6 Å². The first-order chi connectivity index (χ1) is 23.7. The monoisotopic (exact) mass is 796 g/mol. The molecule has 0 bridgehead atoms. The summed E-state index contributed by atoms with van der Waals surface area (Å²) in [6.45, 7) is 18.0. The number of nitrogens with zero attached hydrogens (tertiary/aromatic N) is 2. The molecule has 0 saturated carbocycles. The van der Waals surface area contributed by atoms with Gasteiger partial charge in [0.15, 0.2) is 8.92 Å². The molecule has 0 radical (unpaired) electrons. The molecule has 0 aliphatic heterocycles. The Balaban J connectivity index is 0.000000219. The zero-order valence-corrected chi connectivity index (χ0v) is 33.7. The lowest BCUT2D eigenvalue weighted by atomic mass is 9.69. The summed E-state index contributed by atoms with van der Waals surface area (Å²) in [7, 11) is 1.37. The number of carboxylic acids is 1. The minimum absolute atomic E-state index is 0.0208. The highest BCUT2D eigenvalue weighted by atomic mass is 79.9. The van der Waals surface area contributed by atoms with Crippen LogP contribution in [0.3, 0.4) is 0 Å². The van der Waals surface area contributed by atoms with Crippen molar-refractivity contribution in [3.05, 3.63) is 101 Å². The van der Waals surface area contributed by atoms with E-state index < -0.39 is 5.97 Å². The summed E-state index contributed by atoms with van der Waals surface area (Å²) in [5, 5.41) is 9.45. The highest BCUT2D eigenvalue weighted by molar-refractivity contribution is 9.11. The van der Waals surface area contributed by atoms with Crippen LogP contribution >= 0.6 is 38.6 Å². The summed E-state index contributed by atoms with van der Waals surface area (Å²) in [6.07, 6.45) is 4.89. The summed E-state index contributed by atoms with van der Waals surface area (Å²) in [5.74, 6) is -1.43. The number of hydrogen-bond acceptors (Lipinski definition) is 10. The topological polar surface area (TPSA) is 141 Å². The zero-order chi connectivity index (χ0) is 38.4. The second kappa shape index (κ2) is 16.7. The van der Waals surface area contributed by atoms with Crippen LogP contribution in [0.1, 0.15) is 138 Å². The number of aromatic carboxylic acids is 1. The van der Waals surface area contributed by atoms with Crippen molar-refractivity contribution in [2.75, 3.05) is 7.11 Å². The molecule has 0 spiro atoms. The van der Waals surface area contributed by atoms with Gasteiger partial charge in [0.25, 0.3) is 0 Å². The quantitative estimate of drug-likeness (QED) is 0.158. The highest BCUT2D eigenvalue weighted by Crippen LogP contribution is 2.49. The van der Waals surface area contributed by atoms with Crippen LogP contribution < -0.4 is 0 Å². The number of hydrogen-bond donors (Lipinski definition) is 1. The number of thiazole rings is 2. The van der Waals surface area contributed by atoms with Gasteiger partial charge >= 0.3 is 18.1 Å². The molecule has 6 rings (SSSR count). The summed E-state index contributed by atoms with van der Waals surface area (Å²) in [5.41, 5.74) is 4.17. The van der Waals surface area contributed by atoms with Gasteiger partial charge in [-0.15, -0.1) is 22.7 Å². The van der Waals surface area contributed by atoms with Crippen LogP contribution in [-0.2, 0) is 36.0 Å². The third-order valence-electron chi connectivity index (χ3n) is 9.27. The Labute approximate surface area is 316 Å². The lowest BCUT2D eigenvalue weighted by Gasteiger charge is -2.37. The van der Waals surface area contributed by atoms with Gasteiger partial charge < -0.3 is 9.84 Å². The molecule has 0 unspecified atom stereocenters. The number of ketones is 1. The van der Waals surface area contributed by atoms with E-state index in [-0.39, 0.29) is 39.7 Å². The molecule has 51 heavy (non-hydrogen) atoms. The summed E-state index contributed by atoms with van der Waals surface area (Å²) in [6, 6.07) is 14.9. The van der Waals surface area contributed by atoms with Crippen molar-refractivity contribution in [3.8, 4) is 0 Å². The number of rotatable bonds is 4. The highest BCUT2D eigenvalue weighted by Gasteiger charge is 2.42. The zero-order valence-electron chi connectivity index (χ0n) is 30.5. The van der Waals surface area contributed by atoms with Gasteiger partial charge in [0.1, 0.15) is 0 Å². The molecule has 9 nitrogen and oxygen atoms in total. The maximum absolute atomic E-state index is 12.8. The fraction of sp³-hybridized carbons (Fsp3) is 0.436. The average Bonchev–Trinajstić information content (AvgIpc) is 3.74. The number of ether oxygens (including phenoxy) is 1. The molecule has 272 valence electrons. The van der Waals surface area contributed by atoms with Crippen molar-refractivity contribution in [1.82, 2.24) is 9.97 Å². The van der Waals surface area contributed by atoms with Crippen molar-refractivity contribution in [3.63, 3.8) is 0 Å². The van der Waals surface area contributed by atoms with E-state index in [1.165, 1.54) is 58.9 Å². The Bertz CT molecular complexity index is 1820. The predicted octanol–water partition coefficient (Wildman–Crippen LogP) is 9.57. The number of esters is 1. The second-order valence-electron chi connectivity index (χ2n) is 15.0. The van der Waals surface area contributed by atoms with Crippen LogP contribution in [0.4, 0.5) is 0 Å². The van der Waals surface area contributed by atoms with E-state index >= 15 is 0 Å². The van der Waals surface area contributed by atoms with Crippen molar-refractivity contribution >= 4 is 62.5 Å². The predicted molar refractivity (Wildman–Crippen MR) is 202 cm³/mol. The van der Waals surface area contributed by atoms with Gasteiger partial charge in [0, 0.05) is 37.0 Å². The smallest absolute Gasteiger partial charge is 0.373 e. The van der Waals surface area contributed by atoms with Gasteiger partial charge in [-0.3, -0.25) is 4.79 Å². The lowest BCUT2D eigenvalue weighted by Crippen LogP contribution is -2.32. The molecule has 4 aromatic rings. The number of fused-ring (bicyclic) bond motifs is 2. The Morgan fingerprint density at radius 2 is 1.12 bits per heavy atom. The van der Waals surface area contributed by atoms with Crippen LogP contribution in [0.5, 0.6) is 0 Å². The third-order valence-corrected chi connectivity index (χ3v) is 12.6. The Morgan fingerprint density at radius 3 is 1.55 bits per heavy atom. The first-order valence-electron chi connectivity index (χ1n) is 16.4. The number of halogens is 1. The molecular formula is C39H45BrN2O7S2. The lowest BCUT2D eigenvalue weighted by molar-refractivity contribution is -0.191. The molecule has 2 heterocycles. The number of carbonyl (C=O) groups excluding carboxylic acids is 4. The van der Waals surface area contributed by atoms with Crippen LogP contribution in [0, 0.1) is 0 Å². The Kier molecular flexibility index (Phi) is 13.6. The van der Waals surface area contributed by atoms with Crippen molar-refractivity contribution in [2.24, 2.45) is 0 Å². The molecule has 0 atom stereocenters. The van der Waals surface area contributed by atoms with E-state index in [0.717, 1.165) is 22.5 Å². The minimum Gasteiger partial charge on any atom is -0.478 e. The summed E-state index contributed by atoms with van der Waals surface area (Å²) >= 11 is 6.79. The van der Waals surface area contributed by atoms with Gasteiger partial charge in [-0.25, -0.2) is 19.6 Å². The van der Waals surface area contributed by atoms with Gasteiger partial charge in [-0.05, 0) is 65.9 Å². The largest absolute Gasteiger partial charge is 0.478 e. The van der Waals surface area contributed by atoms with Crippen LogP contribution in [0.25, 0.3) is 0 Å². The van der Waals surface area contributed by atoms with E-state index in [2.05, 4.69) is 86.0 Å². The van der Waals surface area contributed by atoms with Gasteiger partial charge in [0.2, 0.25) is 5.78 Å². The van der Waals surface area contributed by atoms with E-state index in [0.29, 0.717) is 21.5 Å². The van der Waals surface area contributed by atoms with Crippen molar-refractivity contribution in [1.29, 1.82) is 0 Å². The van der Waals surface area contributed by atoms with Gasteiger partial charge in [-0.1, -0.05) is 85.7 Å². The second-order valence-corrected chi connectivity index (χ2v) is 18.3. The number of benzene rings is 2. The molecule has 0 fully saturated rings. The normalized spacial score (nSPS) is 16.7. The van der Waals surface area contributed by atoms with Crippen LogP contribution in [0.2, 0.25) is 0 Å². The number of methoxy groups -OCH3 is 1. The minimum atomic E-state index is -0.998. The van der Waals surface area contributed by atoms with Crippen LogP contribution in [0.15, 0.2) is 58.5 Å². The fourth-order valence-electron chi connectivity index (χ4n) is 5.84. The van der Waals surface area contributed by atoms with E-state index in [4.69, 9.17) is 14.7 Å². The van der Waals surface area contributed by atoms with Gasteiger partial charge in [-0.2, -0.15) is 9.59 Å². The number of carbonyl (C=O) groups is 3. The number of carboxylic acid groups (broad SMARTS) is 1.